The molecule has 21 heavy (non-hydrogen) atoms. The molecule has 0 amide bonds. The van der Waals surface area contributed by atoms with Gasteiger partial charge in [-0.15, -0.1) is 0 Å². The highest BCUT2D eigenvalue weighted by molar-refractivity contribution is 5.60. The Balaban J connectivity index is 2.16. The van der Waals surface area contributed by atoms with Gasteiger partial charge < -0.3 is 10.6 Å². The molecule has 110 valence electrons. The number of nitrogens with zero attached hydrogens (tertiary/aromatic N) is 3. The molecule has 7 heteroatoms. The first-order valence-corrected chi connectivity index (χ1v) is 6.72. The fraction of sp³-hybridized carbons (Fsp3) is 0.286. The van der Waals surface area contributed by atoms with Gasteiger partial charge in [0.15, 0.2) is 0 Å². The molecule has 2 aromatic rings. The molecule has 0 aliphatic rings. The first-order valence-electron chi connectivity index (χ1n) is 6.72. The van der Waals surface area contributed by atoms with Crippen molar-refractivity contribution in [2.45, 2.75) is 19.9 Å². The zero-order valence-corrected chi connectivity index (χ0v) is 11.7. The number of rotatable bonds is 7. The highest BCUT2D eigenvalue weighted by atomic mass is 16.6. The standard InChI is InChI=1S/C14H17N5O2/c1-2-7-16-13-4-3-12(19(20)21)14(18-13)17-10-11-5-8-15-9-6-11/h3-6,8-9H,2,7,10H2,1H3,(H2,16,17,18). The van der Waals surface area contributed by atoms with Crippen LogP contribution in [0.1, 0.15) is 18.9 Å². The average Bonchev–Trinajstić information content (AvgIpc) is 2.51. The second-order valence-corrected chi connectivity index (χ2v) is 4.46. The molecule has 0 radical (unpaired) electrons. The Hall–Kier alpha value is -2.70. The Morgan fingerprint density at radius 1 is 1.19 bits per heavy atom. The lowest BCUT2D eigenvalue weighted by Gasteiger charge is -2.09. The maximum Gasteiger partial charge on any atom is 0.311 e. The van der Waals surface area contributed by atoms with Crippen LogP contribution in [-0.2, 0) is 6.54 Å². The van der Waals surface area contributed by atoms with Gasteiger partial charge in [0.05, 0.1) is 4.92 Å². The largest absolute Gasteiger partial charge is 0.370 e. The molecule has 0 unspecified atom stereocenters. The van der Waals surface area contributed by atoms with Crippen LogP contribution in [-0.4, -0.2) is 21.4 Å². The summed E-state index contributed by atoms with van der Waals surface area (Å²) in [6.07, 6.45) is 4.31. The van der Waals surface area contributed by atoms with Gasteiger partial charge in [0.1, 0.15) is 5.82 Å². The Labute approximate surface area is 122 Å². The number of nitro groups is 1. The Kier molecular flexibility index (Phi) is 5.03. The molecule has 0 spiro atoms. The summed E-state index contributed by atoms with van der Waals surface area (Å²) >= 11 is 0. The van der Waals surface area contributed by atoms with E-state index in [9.17, 15) is 10.1 Å². The van der Waals surface area contributed by atoms with Crippen molar-refractivity contribution in [3.05, 3.63) is 52.3 Å². The van der Waals surface area contributed by atoms with Gasteiger partial charge in [0.2, 0.25) is 5.82 Å². The predicted molar refractivity (Wildman–Crippen MR) is 81.2 cm³/mol. The zero-order valence-electron chi connectivity index (χ0n) is 11.7. The Bertz CT molecular complexity index is 604. The highest BCUT2D eigenvalue weighted by Crippen LogP contribution is 2.24. The van der Waals surface area contributed by atoms with Gasteiger partial charge >= 0.3 is 5.69 Å². The number of nitrogens with one attached hydrogen (secondary N) is 2. The number of aromatic nitrogens is 2. The van der Waals surface area contributed by atoms with Crippen molar-refractivity contribution in [1.29, 1.82) is 0 Å². The molecular formula is C14H17N5O2. The third kappa shape index (κ3) is 4.13. The van der Waals surface area contributed by atoms with Crippen molar-refractivity contribution in [1.82, 2.24) is 9.97 Å². The molecule has 0 aromatic carbocycles. The summed E-state index contributed by atoms with van der Waals surface area (Å²) in [7, 11) is 0. The molecule has 7 nitrogen and oxygen atoms in total. The first-order chi connectivity index (χ1) is 10.2. The van der Waals surface area contributed by atoms with Crippen LogP contribution in [0.25, 0.3) is 0 Å². The van der Waals surface area contributed by atoms with E-state index in [0.717, 1.165) is 18.5 Å². The van der Waals surface area contributed by atoms with Gasteiger partial charge in [-0.25, -0.2) is 4.98 Å². The molecule has 0 aliphatic carbocycles. The van der Waals surface area contributed by atoms with Crippen molar-refractivity contribution in [2.75, 3.05) is 17.2 Å². The molecule has 2 N–H and O–H groups in total. The van der Waals surface area contributed by atoms with Crippen LogP contribution >= 0.6 is 0 Å². The number of pyridine rings is 2. The Morgan fingerprint density at radius 2 is 1.95 bits per heavy atom. The van der Waals surface area contributed by atoms with E-state index in [0.29, 0.717) is 12.4 Å². The second-order valence-electron chi connectivity index (χ2n) is 4.46. The topological polar surface area (TPSA) is 93.0 Å². The van der Waals surface area contributed by atoms with E-state index in [4.69, 9.17) is 0 Å². The van der Waals surface area contributed by atoms with Crippen molar-refractivity contribution in [2.24, 2.45) is 0 Å². The molecule has 2 rings (SSSR count). The van der Waals surface area contributed by atoms with Crippen LogP contribution in [0.2, 0.25) is 0 Å². The summed E-state index contributed by atoms with van der Waals surface area (Å²) in [5.74, 6) is 0.887. The summed E-state index contributed by atoms with van der Waals surface area (Å²) in [5, 5.41) is 17.2. The number of hydrogen-bond acceptors (Lipinski definition) is 6. The lowest BCUT2D eigenvalue weighted by molar-refractivity contribution is -0.384. The van der Waals surface area contributed by atoms with Gasteiger partial charge in [-0.1, -0.05) is 6.92 Å². The van der Waals surface area contributed by atoms with E-state index < -0.39 is 4.92 Å². The van der Waals surface area contributed by atoms with Gasteiger partial charge in [0.25, 0.3) is 0 Å². The van der Waals surface area contributed by atoms with E-state index in [1.54, 1.807) is 18.5 Å². The minimum atomic E-state index is -0.439. The number of anilines is 2. The van der Waals surface area contributed by atoms with Crippen LogP contribution in [0.15, 0.2) is 36.7 Å². The van der Waals surface area contributed by atoms with E-state index in [1.807, 2.05) is 19.1 Å². The normalized spacial score (nSPS) is 10.1. The molecule has 0 fully saturated rings. The third-order valence-corrected chi connectivity index (χ3v) is 2.84. The van der Waals surface area contributed by atoms with Crippen LogP contribution in [0.3, 0.4) is 0 Å². The molecule has 2 aromatic heterocycles. The molecular weight excluding hydrogens is 270 g/mol. The van der Waals surface area contributed by atoms with Crippen LogP contribution in [0.4, 0.5) is 17.3 Å². The molecule has 2 heterocycles. The minimum absolute atomic E-state index is 0.0360. The molecule has 0 saturated heterocycles. The molecule has 0 aliphatic heterocycles. The van der Waals surface area contributed by atoms with Gasteiger partial charge in [-0.3, -0.25) is 15.1 Å². The maximum atomic E-state index is 11.1. The zero-order chi connectivity index (χ0) is 15.1. The van der Waals surface area contributed by atoms with E-state index in [2.05, 4.69) is 20.6 Å². The summed E-state index contributed by atoms with van der Waals surface area (Å²) in [4.78, 5) is 18.8. The summed E-state index contributed by atoms with van der Waals surface area (Å²) in [6.45, 7) is 3.27. The van der Waals surface area contributed by atoms with Crippen molar-refractivity contribution in [3.63, 3.8) is 0 Å². The fourth-order valence-corrected chi connectivity index (χ4v) is 1.77. The van der Waals surface area contributed by atoms with Crippen LogP contribution in [0, 0.1) is 10.1 Å². The molecule has 0 bridgehead atoms. The van der Waals surface area contributed by atoms with E-state index in [-0.39, 0.29) is 11.5 Å². The average molecular weight is 287 g/mol. The maximum absolute atomic E-state index is 11.1. The highest BCUT2D eigenvalue weighted by Gasteiger charge is 2.15. The summed E-state index contributed by atoms with van der Waals surface area (Å²) in [5.41, 5.74) is 0.944. The smallest absolute Gasteiger partial charge is 0.311 e. The van der Waals surface area contributed by atoms with Gasteiger partial charge in [0, 0.05) is 31.5 Å². The van der Waals surface area contributed by atoms with Crippen molar-refractivity contribution >= 4 is 17.3 Å². The van der Waals surface area contributed by atoms with E-state index >= 15 is 0 Å². The van der Waals surface area contributed by atoms with Crippen LogP contribution < -0.4 is 10.6 Å². The molecule has 0 saturated carbocycles. The minimum Gasteiger partial charge on any atom is -0.370 e. The van der Waals surface area contributed by atoms with E-state index in [1.165, 1.54) is 6.07 Å². The molecule has 0 atom stereocenters. The van der Waals surface area contributed by atoms with Gasteiger partial charge in [-0.2, -0.15) is 0 Å². The Morgan fingerprint density at radius 3 is 2.62 bits per heavy atom. The quantitative estimate of drug-likeness (QED) is 0.601. The lowest BCUT2D eigenvalue weighted by atomic mass is 10.2. The lowest BCUT2D eigenvalue weighted by Crippen LogP contribution is -2.08. The predicted octanol–water partition coefficient (Wildman–Crippen LogP) is 2.82. The van der Waals surface area contributed by atoms with Gasteiger partial charge in [-0.05, 0) is 30.2 Å². The third-order valence-electron chi connectivity index (χ3n) is 2.84. The van der Waals surface area contributed by atoms with Crippen molar-refractivity contribution in [3.8, 4) is 0 Å². The summed E-state index contributed by atoms with van der Waals surface area (Å²) < 4.78 is 0. The summed E-state index contributed by atoms with van der Waals surface area (Å²) in [6, 6.07) is 6.77. The van der Waals surface area contributed by atoms with Crippen molar-refractivity contribution < 1.29 is 4.92 Å². The second kappa shape index (κ2) is 7.18. The van der Waals surface area contributed by atoms with Crippen LogP contribution in [0.5, 0.6) is 0 Å². The monoisotopic (exact) mass is 287 g/mol. The fourth-order valence-electron chi connectivity index (χ4n) is 1.77. The SMILES string of the molecule is CCCNc1ccc([N+](=O)[O-])c(NCc2ccncc2)n1. The number of hydrogen-bond donors (Lipinski definition) is 2. The first kappa shape index (κ1) is 14.7.